The van der Waals surface area contributed by atoms with Gasteiger partial charge in [-0.1, -0.05) is 0 Å². The molecule has 0 aromatic carbocycles. The average Bonchev–Trinajstić information content (AvgIpc) is 1.65. The first-order valence-corrected chi connectivity index (χ1v) is 2.13. The molecule has 0 spiro atoms. The topological polar surface area (TPSA) is 9.23 Å². The molecule has 38 valence electrons. The Kier molecular flexibility index (Phi) is 9.86. The zero-order valence-electron chi connectivity index (χ0n) is 5.40. The Morgan fingerprint density at radius 2 is 2.14 bits per heavy atom. The molecular weight excluding hydrogens is 83.0 g/mol. The van der Waals surface area contributed by atoms with Crippen molar-refractivity contribution < 1.29 is 23.6 Å². The SMILES string of the molecule is [CH2-]CC(C)OC.[Li+]. The van der Waals surface area contributed by atoms with Crippen LogP contribution in [0.25, 0.3) is 0 Å². The van der Waals surface area contributed by atoms with Gasteiger partial charge in [0, 0.05) is 13.2 Å². The third-order valence-corrected chi connectivity index (χ3v) is 0.809. The van der Waals surface area contributed by atoms with E-state index >= 15 is 0 Å². The van der Waals surface area contributed by atoms with Crippen LogP contribution in [0.4, 0.5) is 0 Å². The van der Waals surface area contributed by atoms with Gasteiger partial charge >= 0.3 is 18.9 Å². The zero-order chi connectivity index (χ0) is 4.99. The maximum absolute atomic E-state index is 4.84. The molecule has 0 heterocycles. The quantitative estimate of drug-likeness (QED) is 0.291. The Bertz CT molecular complexity index is 27.3. The fourth-order valence-electron chi connectivity index (χ4n) is 0.118. The summed E-state index contributed by atoms with van der Waals surface area (Å²) in [6.45, 7) is 5.62. The van der Waals surface area contributed by atoms with Gasteiger partial charge in [0.2, 0.25) is 0 Å². The molecule has 0 aliphatic heterocycles. The van der Waals surface area contributed by atoms with Crippen molar-refractivity contribution in [3.8, 4) is 0 Å². The monoisotopic (exact) mass is 94.1 g/mol. The van der Waals surface area contributed by atoms with Gasteiger partial charge in [0.15, 0.2) is 0 Å². The summed E-state index contributed by atoms with van der Waals surface area (Å²) in [4.78, 5) is 0. The maximum atomic E-state index is 4.84. The van der Waals surface area contributed by atoms with E-state index in [2.05, 4.69) is 6.92 Å². The molecule has 1 atom stereocenters. The van der Waals surface area contributed by atoms with Crippen molar-refractivity contribution >= 4 is 0 Å². The summed E-state index contributed by atoms with van der Waals surface area (Å²) in [6.07, 6.45) is 1.18. The van der Waals surface area contributed by atoms with Crippen LogP contribution in [0.5, 0.6) is 0 Å². The Labute approximate surface area is 57.6 Å². The minimum atomic E-state index is 0. The van der Waals surface area contributed by atoms with Gasteiger partial charge in [0.1, 0.15) is 0 Å². The smallest absolute Gasteiger partial charge is 0.384 e. The van der Waals surface area contributed by atoms with Gasteiger partial charge in [-0.2, -0.15) is 6.42 Å². The first kappa shape index (κ1) is 10.5. The number of hydrogen-bond donors (Lipinski definition) is 0. The summed E-state index contributed by atoms with van der Waals surface area (Å²) in [5.41, 5.74) is 0. The number of ether oxygens (including phenoxy) is 1. The summed E-state index contributed by atoms with van der Waals surface area (Å²) < 4.78 is 4.84. The minimum absolute atomic E-state index is 0. The van der Waals surface area contributed by atoms with E-state index in [1.807, 2.05) is 6.92 Å². The zero-order valence-corrected chi connectivity index (χ0v) is 5.40. The van der Waals surface area contributed by atoms with E-state index in [1.165, 1.54) is 0 Å². The normalized spacial score (nSPS) is 12.4. The van der Waals surface area contributed by atoms with Gasteiger partial charge in [-0.05, 0) is 6.92 Å². The largest absolute Gasteiger partial charge is 1.00 e. The second-order valence-corrected chi connectivity index (χ2v) is 1.33. The predicted octanol–water partition coefficient (Wildman–Crippen LogP) is -1.75. The van der Waals surface area contributed by atoms with Gasteiger partial charge in [-0.15, -0.1) is 0 Å². The molecule has 0 radical (unpaired) electrons. The van der Waals surface area contributed by atoms with E-state index in [0.29, 0.717) is 6.10 Å². The van der Waals surface area contributed by atoms with Gasteiger partial charge in [-0.3, -0.25) is 0 Å². The molecule has 0 fully saturated rings. The van der Waals surface area contributed by atoms with Crippen LogP contribution in [0.1, 0.15) is 13.3 Å². The standard InChI is InChI=1S/C5H11O.Li/c1-4-5(2)6-3;/h5H,1,4H2,2-3H3;/q-1;+1. The third-order valence-electron chi connectivity index (χ3n) is 0.809. The molecule has 0 saturated carbocycles. The van der Waals surface area contributed by atoms with Crippen molar-refractivity contribution in [3.63, 3.8) is 0 Å². The molecule has 0 N–H and O–H groups in total. The molecule has 2 heteroatoms. The van der Waals surface area contributed by atoms with E-state index in [1.54, 1.807) is 7.11 Å². The van der Waals surface area contributed by atoms with Crippen LogP contribution >= 0.6 is 0 Å². The number of rotatable bonds is 2. The molecule has 0 saturated heterocycles. The van der Waals surface area contributed by atoms with Crippen LogP contribution in [-0.4, -0.2) is 13.2 Å². The third kappa shape index (κ3) is 6.56. The summed E-state index contributed by atoms with van der Waals surface area (Å²) in [5, 5.41) is 0. The Morgan fingerprint density at radius 3 is 2.14 bits per heavy atom. The van der Waals surface area contributed by atoms with Crippen molar-refractivity contribution in [3.05, 3.63) is 6.92 Å². The van der Waals surface area contributed by atoms with Gasteiger partial charge in [0.05, 0.1) is 0 Å². The minimum Gasteiger partial charge on any atom is -0.384 e. The van der Waals surface area contributed by atoms with Crippen LogP contribution in [-0.2, 0) is 4.74 Å². The average molecular weight is 94.1 g/mol. The molecule has 0 aromatic rings. The second kappa shape index (κ2) is 6.56. The molecule has 0 aliphatic carbocycles. The maximum Gasteiger partial charge on any atom is 1.00 e. The summed E-state index contributed by atoms with van der Waals surface area (Å²) in [6, 6.07) is 0. The fourth-order valence-corrected chi connectivity index (χ4v) is 0.118. The molecule has 0 aliphatic rings. The van der Waals surface area contributed by atoms with Crippen LogP contribution < -0.4 is 18.9 Å². The van der Waals surface area contributed by atoms with E-state index in [-0.39, 0.29) is 18.9 Å². The second-order valence-electron chi connectivity index (χ2n) is 1.33. The van der Waals surface area contributed by atoms with Crippen LogP contribution in [0.15, 0.2) is 0 Å². The van der Waals surface area contributed by atoms with Crippen molar-refractivity contribution in [1.82, 2.24) is 0 Å². The van der Waals surface area contributed by atoms with Crippen molar-refractivity contribution in [2.24, 2.45) is 0 Å². The Hall–Kier alpha value is 0.557. The molecule has 1 nitrogen and oxygen atoms in total. The Morgan fingerprint density at radius 1 is 1.71 bits per heavy atom. The van der Waals surface area contributed by atoms with E-state index < -0.39 is 0 Å². The molecule has 0 bridgehead atoms. The van der Waals surface area contributed by atoms with E-state index in [9.17, 15) is 0 Å². The number of hydrogen-bond acceptors (Lipinski definition) is 1. The molecular formula is C5H11LiO. The predicted molar refractivity (Wildman–Crippen MR) is 26.4 cm³/mol. The van der Waals surface area contributed by atoms with Gasteiger partial charge in [-0.25, -0.2) is 0 Å². The van der Waals surface area contributed by atoms with Crippen LogP contribution in [0.2, 0.25) is 0 Å². The van der Waals surface area contributed by atoms with Crippen LogP contribution in [0.3, 0.4) is 0 Å². The van der Waals surface area contributed by atoms with Crippen molar-refractivity contribution in [2.45, 2.75) is 19.4 Å². The summed E-state index contributed by atoms with van der Waals surface area (Å²) in [7, 11) is 1.69. The van der Waals surface area contributed by atoms with E-state index in [0.717, 1.165) is 6.42 Å². The first-order chi connectivity index (χ1) is 2.81. The van der Waals surface area contributed by atoms with Gasteiger partial charge in [0.25, 0.3) is 0 Å². The molecule has 7 heavy (non-hydrogen) atoms. The molecule has 0 rings (SSSR count). The first-order valence-electron chi connectivity index (χ1n) is 2.13. The van der Waals surface area contributed by atoms with Gasteiger partial charge < -0.3 is 11.7 Å². The number of methoxy groups -OCH3 is 1. The van der Waals surface area contributed by atoms with E-state index in [4.69, 9.17) is 4.74 Å². The molecule has 1 unspecified atom stereocenters. The molecule has 0 amide bonds. The molecule has 0 aromatic heterocycles. The van der Waals surface area contributed by atoms with Crippen molar-refractivity contribution in [2.75, 3.05) is 7.11 Å². The Balaban J connectivity index is 0. The summed E-state index contributed by atoms with van der Waals surface area (Å²) in [5.74, 6) is 0. The fraction of sp³-hybridized carbons (Fsp3) is 0.800. The van der Waals surface area contributed by atoms with Crippen molar-refractivity contribution in [1.29, 1.82) is 0 Å². The summed E-state index contributed by atoms with van der Waals surface area (Å²) >= 11 is 0. The van der Waals surface area contributed by atoms with Crippen LogP contribution in [0, 0.1) is 6.92 Å².